The van der Waals surface area contributed by atoms with Crippen LogP contribution in [0, 0.1) is 11.7 Å². The number of guanidine groups is 1. The number of nitrogens with zero attached hydrogens (tertiary/aromatic N) is 1. The normalized spacial score (nSPS) is 11.6. The van der Waals surface area contributed by atoms with E-state index in [2.05, 4.69) is 45.4 Å². The quantitative estimate of drug-likeness (QED) is 0.362. The summed E-state index contributed by atoms with van der Waals surface area (Å²) in [5, 5.41) is 15.8. The largest absolute Gasteiger partial charge is 0.508 e. The zero-order valence-electron chi connectivity index (χ0n) is 14.4. The van der Waals surface area contributed by atoms with Gasteiger partial charge in [0.1, 0.15) is 11.6 Å². The third-order valence-corrected chi connectivity index (χ3v) is 4.05. The maximum Gasteiger partial charge on any atom is 0.196 e. The maximum atomic E-state index is 13.9. The van der Waals surface area contributed by atoms with E-state index in [-0.39, 0.29) is 18.1 Å². The summed E-state index contributed by atoms with van der Waals surface area (Å²) >= 11 is 3.35. The van der Waals surface area contributed by atoms with Crippen molar-refractivity contribution >= 4 is 27.6 Å². The summed E-state index contributed by atoms with van der Waals surface area (Å²) in [6.45, 7) is 5.30. The molecule has 0 aliphatic heterocycles. The molecule has 0 aliphatic carbocycles. The molecule has 0 aliphatic rings. The van der Waals surface area contributed by atoms with Gasteiger partial charge < -0.3 is 15.7 Å². The predicted octanol–water partition coefficient (Wildman–Crippen LogP) is 4.90. The second-order valence-electron chi connectivity index (χ2n) is 6.18. The van der Waals surface area contributed by atoms with Crippen LogP contribution in [0.2, 0.25) is 0 Å². The lowest BCUT2D eigenvalue weighted by Crippen LogP contribution is -2.32. The summed E-state index contributed by atoms with van der Waals surface area (Å²) in [6, 6.07) is 11.5. The fraction of sp³-hybridized carbons (Fsp3) is 0.316. The first kappa shape index (κ1) is 19.2. The first-order chi connectivity index (χ1) is 11.9. The van der Waals surface area contributed by atoms with Gasteiger partial charge in [0, 0.05) is 22.3 Å². The lowest BCUT2D eigenvalue weighted by molar-refractivity contribution is 0.475. The Bertz CT molecular complexity index is 717. The average Bonchev–Trinajstić information content (AvgIpc) is 2.57. The van der Waals surface area contributed by atoms with Crippen molar-refractivity contribution in [2.75, 3.05) is 11.9 Å². The molecule has 0 amide bonds. The molecule has 0 aromatic heterocycles. The summed E-state index contributed by atoms with van der Waals surface area (Å²) < 4.78 is 14.7. The van der Waals surface area contributed by atoms with Gasteiger partial charge in [-0.25, -0.2) is 9.38 Å². The van der Waals surface area contributed by atoms with E-state index in [4.69, 9.17) is 0 Å². The van der Waals surface area contributed by atoms with Gasteiger partial charge in [0.25, 0.3) is 0 Å². The van der Waals surface area contributed by atoms with E-state index in [0.29, 0.717) is 17.4 Å². The van der Waals surface area contributed by atoms with Crippen LogP contribution in [0.3, 0.4) is 0 Å². The second-order valence-corrected chi connectivity index (χ2v) is 7.10. The minimum absolute atomic E-state index is 0.202. The first-order valence-corrected chi connectivity index (χ1v) is 9.01. The molecule has 0 bridgehead atoms. The molecule has 6 heteroatoms. The van der Waals surface area contributed by atoms with Gasteiger partial charge in [-0.05, 0) is 54.8 Å². The number of aromatic hydroxyl groups is 1. The van der Waals surface area contributed by atoms with Gasteiger partial charge in [-0.1, -0.05) is 29.8 Å². The van der Waals surface area contributed by atoms with Crippen LogP contribution >= 0.6 is 15.9 Å². The Morgan fingerprint density at radius 1 is 1.20 bits per heavy atom. The third-order valence-electron chi connectivity index (χ3n) is 3.56. The number of anilines is 1. The number of halogens is 2. The number of phenolic OH excluding ortho intramolecular Hbond substituents is 1. The minimum Gasteiger partial charge on any atom is -0.508 e. The zero-order chi connectivity index (χ0) is 18.2. The summed E-state index contributed by atoms with van der Waals surface area (Å²) in [5.74, 6) is 1.07. The highest BCUT2D eigenvalue weighted by atomic mass is 79.9. The molecule has 0 fully saturated rings. The van der Waals surface area contributed by atoms with Gasteiger partial charge >= 0.3 is 0 Å². The molecule has 0 heterocycles. The van der Waals surface area contributed by atoms with Crippen molar-refractivity contribution in [1.29, 1.82) is 0 Å². The van der Waals surface area contributed by atoms with Gasteiger partial charge in [-0.3, -0.25) is 0 Å². The van der Waals surface area contributed by atoms with Crippen molar-refractivity contribution in [2.24, 2.45) is 10.9 Å². The standard InChI is InChI=1S/C19H23BrFN3O/c1-13(2)9-10-22-19(24-16-4-6-17(25)7-5-16)23-12-14-11-15(20)3-8-18(14)21/h3-8,11,13,25H,9-10,12H2,1-2H3,(H2,22,23,24). The molecule has 0 radical (unpaired) electrons. The lowest BCUT2D eigenvalue weighted by Gasteiger charge is -2.14. The Morgan fingerprint density at radius 3 is 2.60 bits per heavy atom. The van der Waals surface area contributed by atoms with Crippen LogP contribution in [0.15, 0.2) is 51.9 Å². The van der Waals surface area contributed by atoms with Crippen molar-refractivity contribution in [2.45, 2.75) is 26.8 Å². The smallest absolute Gasteiger partial charge is 0.196 e. The van der Waals surface area contributed by atoms with Gasteiger partial charge in [-0.15, -0.1) is 0 Å². The molecule has 0 unspecified atom stereocenters. The predicted molar refractivity (Wildman–Crippen MR) is 104 cm³/mol. The molecule has 0 spiro atoms. The molecular weight excluding hydrogens is 385 g/mol. The van der Waals surface area contributed by atoms with Crippen molar-refractivity contribution in [3.8, 4) is 5.75 Å². The molecule has 3 N–H and O–H groups in total. The van der Waals surface area contributed by atoms with Crippen molar-refractivity contribution < 1.29 is 9.50 Å². The summed E-state index contributed by atoms with van der Waals surface area (Å²) in [7, 11) is 0. The van der Waals surface area contributed by atoms with Gasteiger partial charge in [0.05, 0.1) is 6.54 Å². The molecule has 25 heavy (non-hydrogen) atoms. The second kappa shape index (κ2) is 9.42. The fourth-order valence-corrected chi connectivity index (χ4v) is 2.54. The monoisotopic (exact) mass is 407 g/mol. The summed E-state index contributed by atoms with van der Waals surface area (Å²) in [5.41, 5.74) is 1.31. The topological polar surface area (TPSA) is 56.7 Å². The van der Waals surface area contributed by atoms with Crippen LogP contribution in [0.4, 0.5) is 10.1 Å². The number of aliphatic imine (C=N–C) groups is 1. The van der Waals surface area contributed by atoms with E-state index in [1.807, 2.05) is 0 Å². The molecule has 2 aromatic carbocycles. The van der Waals surface area contributed by atoms with Crippen molar-refractivity contribution in [3.05, 3.63) is 58.3 Å². The lowest BCUT2D eigenvalue weighted by atomic mass is 10.1. The Hall–Kier alpha value is -2.08. The molecule has 4 nitrogen and oxygen atoms in total. The number of phenols is 1. The minimum atomic E-state index is -0.280. The van der Waals surface area contributed by atoms with E-state index in [0.717, 1.165) is 23.1 Å². The Labute approximate surface area is 156 Å². The molecule has 0 saturated carbocycles. The first-order valence-electron chi connectivity index (χ1n) is 8.22. The van der Waals surface area contributed by atoms with Crippen LogP contribution in [0.5, 0.6) is 5.75 Å². The van der Waals surface area contributed by atoms with Crippen molar-refractivity contribution in [3.63, 3.8) is 0 Å². The SMILES string of the molecule is CC(C)CCNC(=NCc1cc(Br)ccc1F)Nc1ccc(O)cc1. The number of hydrogen-bond acceptors (Lipinski definition) is 2. The van der Waals surface area contributed by atoms with Gasteiger partial charge in [0.15, 0.2) is 5.96 Å². The van der Waals surface area contributed by atoms with E-state index in [1.54, 1.807) is 36.4 Å². The Kier molecular flexibility index (Phi) is 7.25. The number of hydrogen-bond donors (Lipinski definition) is 3. The zero-order valence-corrected chi connectivity index (χ0v) is 16.0. The van der Waals surface area contributed by atoms with Crippen LogP contribution in [-0.4, -0.2) is 17.6 Å². The number of benzene rings is 2. The van der Waals surface area contributed by atoms with E-state index in [1.165, 1.54) is 6.07 Å². The summed E-state index contributed by atoms with van der Waals surface area (Å²) in [4.78, 5) is 4.48. The number of nitrogens with one attached hydrogen (secondary N) is 2. The van der Waals surface area contributed by atoms with Crippen LogP contribution in [0.25, 0.3) is 0 Å². The van der Waals surface area contributed by atoms with E-state index in [9.17, 15) is 9.50 Å². The highest BCUT2D eigenvalue weighted by Crippen LogP contribution is 2.17. The maximum absolute atomic E-state index is 13.9. The molecular formula is C19H23BrFN3O. The van der Waals surface area contributed by atoms with Gasteiger partial charge in [0.2, 0.25) is 0 Å². The molecule has 0 atom stereocenters. The van der Waals surface area contributed by atoms with E-state index < -0.39 is 0 Å². The van der Waals surface area contributed by atoms with Crippen LogP contribution in [0.1, 0.15) is 25.8 Å². The average molecular weight is 408 g/mol. The fourth-order valence-electron chi connectivity index (χ4n) is 2.13. The van der Waals surface area contributed by atoms with Crippen molar-refractivity contribution in [1.82, 2.24) is 5.32 Å². The third kappa shape index (κ3) is 6.74. The molecule has 0 saturated heterocycles. The van der Waals surface area contributed by atoms with Crippen LogP contribution in [-0.2, 0) is 6.54 Å². The molecule has 134 valence electrons. The highest BCUT2D eigenvalue weighted by molar-refractivity contribution is 9.10. The van der Waals surface area contributed by atoms with Gasteiger partial charge in [-0.2, -0.15) is 0 Å². The Balaban J connectivity index is 2.11. The van der Waals surface area contributed by atoms with Crippen LogP contribution < -0.4 is 10.6 Å². The summed E-state index contributed by atoms with van der Waals surface area (Å²) in [6.07, 6.45) is 1.00. The Morgan fingerprint density at radius 2 is 1.92 bits per heavy atom. The number of rotatable bonds is 6. The molecule has 2 aromatic rings. The molecule has 2 rings (SSSR count). The van der Waals surface area contributed by atoms with E-state index >= 15 is 0 Å². The highest BCUT2D eigenvalue weighted by Gasteiger charge is 2.05.